The van der Waals surface area contributed by atoms with Gasteiger partial charge in [-0.15, -0.1) is 0 Å². The lowest BCUT2D eigenvalue weighted by atomic mass is 10.1. The van der Waals surface area contributed by atoms with Crippen LogP contribution < -0.4 is 10.1 Å². The highest BCUT2D eigenvalue weighted by molar-refractivity contribution is 7.12. The van der Waals surface area contributed by atoms with E-state index in [-0.39, 0.29) is 5.91 Å². The van der Waals surface area contributed by atoms with Crippen molar-refractivity contribution in [3.05, 3.63) is 34.6 Å². The van der Waals surface area contributed by atoms with E-state index in [2.05, 4.69) is 36.1 Å². The topological polar surface area (TPSA) is 62.5 Å². The number of unbranched alkanes of at least 4 members (excludes halogenated alkanes) is 4. The van der Waals surface area contributed by atoms with Gasteiger partial charge in [0, 0.05) is 30.8 Å². The van der Waals surface area contributed by atoms with E-state index in [1.807, 2.05) is 36.0 Å². The number of rotatable bonds is 12. The second-order valence-electron chi connectivity index (χ2n) is 9.21. The van der Waals surface area contributed by atoms with Gasteiger partial charge in [-0.1, -0.05) is 69.4 Å². The van der Waals surface area contributed by atoms with Gasteiger partial charge in [-0.3, -0.25) is 14.7 Å². The summed E-state index contributed by atoms with van der Waals surface area (Å²) in [5, 5.41) is 8.72. The molecule has 0 aliphatic carbocycles. The van der Waals surface area contributed by atoms with E-state index in [1.54, 1.807) is 11.3 Å². The summed E-state index contributed by atoms with van der Waals surface area (Å²) in [7, 11) is 1.96. The monoisotopic (exact) mass is 471 g/mol. The quantitative estimate of drug-likeness (QED) is 0.443. The Bertz CT molecular complexity index is 933. The number of carbonyl (C=O) groups is 1. The second kappa shape index (κ2) is 13.0. The van der Waals surface area contributed by atoms with E-state index in [4.69, 9.17) is 4.99 Å². The van der Waals surface area contributed by atoms with Gasteiger partial charge in [0.1, 0.15) is 5.01 Å². The van der Waals surface area contributed by atoms with Gasteiger partial charge in [0.15, 0.2) is 0 Å². The third-order valence-corrected chi connectivity index (χ3v) is 7.62. The van der Waals surface area contributed by atoms with Crippen molar-refractivity contribution in [1.82, 2.24) is 20.0 Å². The van der Waals surface area contributed by atoms with Crippen molar-refractivity contribution in [2.75, 3.05) is 19.6 Å². The van der Waals surface area contributed by atoms with Crippen LogP contribution in [-0.4, -0.2) is 52.3 Å². The van der Waals surface area contributed by atoms with E-state index in [1.165, 1.54) is 44.9 Å². The van der Waals surface area contributed by atoms with Crippen molar-refractivity contribution >= 4 is 17.2 Å². The third-order valence-electron chi connectivity index (χ3n) is 6.56. The fourth-order valence-electron chi connectivity index (χ4n) is 4.49. The minimum Gasteiger partial charge on any atom is -0.350 e. The number of hydrogen-bond acceptors (Lipinski definition) is 5. The van der Waals surface area contributed by atoms with Crippen molar-refractivity contribution in [2.24, 2.45) is 12.0 Å². The molecule has 6 nitrogen and oxygen atoms in total. The Hall–Kier alpha value is -1.99. The fraction of sp³-hybridized carbons (Fsp3) is 0.654. The van der Waals surface area contributed by atoms with Crippen LogP contribution in [-0.2, 0) is 7.05 Å². The summed E-state index contributed by atoms with van der Waals surface area (Å²) in [6.07, 6.45) is 9.98. The summed E-state index contributed by atoms with van der Waals surface area (Å²) in [5.74, 6) is -0.00218. The molecule has 1 aromatic carbocycles. The summed E-state index contributed by atoms with van der Waals surface area (Å²) in [6, 6.07) is 8.54. The average Bonchev–Trinajstić information content (AvgIpc) is 3.43. The summed E-state index contributed by atoms with van der Waals surface area (Å²) < 4.78 is 1.87. The number of likely N-dealkylation sites (N-methyl/N-ethyl adjacent to an activating group) is 1. The number of hydrogen-bond donors (Lipinski definition) is 1. The number of carbonyl (C=O) groups excluding carboxylic acids is 1. The SMILES string of the molecule is CCCCCCCC(C)N=c1sc(-c2ccc(C(=O)NCC3CCCN3CC)cc2)nn1C. The van der Waals surface area contributed by atoms with Gasteiger partial charge < -0.3 is 5.32 Å². The Morgan fingerprint density at radius 1 is 1.21 bits per heavy atom. The van der Waals surface area contributed by atoms with Crippen LogP contribution in [0.15, 0.2) is 29.3 Å². The number of amides is 1. The molecule has 1 aromatic heterocycles. The van der Waals surface area contributed by atoms with Crippen molar-refractivity contribution in [3.8, 4) is 10.6 Å². The number of benzene rings is 1. The Balaban J connectivity index is 1.56. The average molecular weight is 472 g/mol. The molecule has 0 bridgehead atoms. The molecule has 2 heterocycles. The molecule has 1 aliphatic rings. The molecule has 2 atom stereocenters. The van der Waals surface area contributed by atoms with E-state index in [9.17, 15) is 4.79 Å². The third kappa shape index (κ3) is 7.51. The fourth-order valence-corrected chi connectivity index (χ4v) is 5.49. The predicted octanol–water partition coefficient (Wildman–Crippen LogP) is 5.01. The number of aryl methyl sites for hydroxylation is 1. The molecule has 33 heavy (non-hydrogen) atoms. The van der Waals surface area contributed by atoms with Gasteiger partial charge in [0.2, 0.25) is 4.80 Å². The first-order valence-corrected chi connectivity index (χ1v) is 13.5. The lowest BCUT2D eigenvalue weighted by Crippen LogP contribution is -2.40. The molecular formula is C26H41N5OS. The molecule has 1 aliphatic heterocycles. The molecule has 0 spiro atoms. The van der Waals surface area contributed by atoms with Crippen molar-refractivity contribution in [3.63, 3.8) is 0 Å². The highest BCUT2D eigenvalue weighted by Crippen LogP contribution is 2.20. The van der Waals surface area contributed by atoms with Crippen LogP contribution in [0, 0.1) is 0 Å². The van der Waals surface area contributed by atoms with Crippen molar-refractivity contribution in [1.29, 1.82) is 0 Å². The first-order chi connectivity index (χ1) is 16.0. The molecule has 182 valence electrons. The molecule has 7 heteroatoms. The zero-order chi connectivity index (χ0) is 23.6. The Morgan fingerprint density at radius 2 is 1.97 bits per heavy atom. The molecule has 1 saturated heterocycles. The molecule has 2 aromatic rings. The zero-order valence-corrected chi connectivity index (χ0v) is 21.7. The normalized spacial score (nSPS) is 18.1. The van der Waals surface area contributed by atoms with Gasteiger partial charge in [0.25, 0.3) is 5.91 Å². The number of aromatic nitrogens is 2. The highest BCUT2D eigenvalue weighted by Gasteiger charge is 2.23. The summed E-state index contributed by atoms with van der Waals surface area (Å²) >= 11 is 1.61. The van der Waals surface area contributed by atoms with E-state index in [0.717, 1.165) is 41.4 Å². The minimum absolute atomic E-state index is 0.00218. The molecule has 0 saturated carbocycles. The summed E-state index contributed by atoms with van der Waals surface area (Å²) in [5.41, 5.74) is 1.72. The van der Waals surface area contributed by atoms with Gasteiger partial charge >= 0.3 is 0 Å². The van der Waals surface area contributed by atoms with Crippen molar-refractivity contribution < 1.29 is 4.79 Å². The predicted molar refractivity (Wildman–Crippen MR) is 138 cm³/mol. The Kier molecular flexibility index (Phi) is 10.1. The van der Waals surface area contributed by atoms with E-state index in [0.29, 0.717) is 17.6 Å². The van der Waals surface area contributed by atoms with Crippen LogP contribution in [0.2, 0.25) is 0 Å². The summed E-state index contributed by atoms with van der Waals surface area (Å²) in [4.78, 5) is 20.9. The molecule has 2 unspecified atom stereocenters. The Labute approximate surface area is 203 Å². The zero-order valence-electron chi connectivity index (χ0n) is 20.8. The maximum absolute atomic E-state index is 12.6. The van der Waals surface area contributed by atoms with Gasteiger partial charge in [0.05, 0.1) is 6.04 Å². The lowest BCUT2D eigenvalue weighted by molar-refractivity contribution is 0.0941. The molecule has 1 fully saturated rings. The van der Waals surface area contributed by atoms with Crippen LogP contribution in [0.5, 0.6) is 0 Å². The highest BCUT2D eigenvalue weighted by atomic mass is 32.1. The van der Waals surface area contributed by atoms with Crippen LogP contribution in [0.1, 0.15) is 82.5 Å². The van der Waals surface area contributed by atoms with Gasteiger partial charge in [-0.2, -0.15) is 5.10 Å². The molecule has 1 N–H and O–H groups in total. The second-order valence-corrected chi connectivity index (χ2v) is 10.2. The van der Waals surface area contributed by atoms with Gasteiger partial charge in [-0.05, 0) is 51.4 Å². The maximum Gasteiger partial charge on any atom is 0.251 e. The van der Waals surface area contributed by atoms with Crippen LogP contribution in [0.25, 0.3) is 10.6 Å². The van der Waals surface area contributed by atoms with E-state index < -0.39 is 0 Å². The number of nitrogens with zero attached hydrogens (tertiary/aromatic N) is 4. The molecule has 0 radical (unpaired) electrons. The smallest absolute Gasteiger partial charge is 0.251 e. The van der Waals surface area contributed by atoms with Crippen molar-refractivity contribution in [2.45, 2.75) is 84.2 Å². The first-order valence-electron chi connectivity index (χ1n) is 12.7. The van der Waals surface area contributed by atoms with Crippen LogP contribution in [0.4, 0.5) is 0 Å². The number of nitrogens with one attached hydrogen (secondary N) is 1. The van der Waals surface area contributed by atoms with Crippen LogP contribution >= 0.6 is 11.3 Å². The maximum atomic E-state index is 12.6. The van der Waals surface area contributed by atoms with Crippen LogP contribution in [0.3, 0.4) is 0 Å². The molecule has 1 amide bonds. The lowest BCUT2D eigenvalue weighted by Gasteiger charge is -2.22. The van der Waals surface area contributed by atoms with E-state index >= 15 is 0 Å². The Morgan fingerprint density at radius 3 is 2.70 bits per heavy atom. The standard InChI is InChI=1S/C26H41N5OS/c1-5-7-8-9-10-12-20(3)28-26-30(4)29-25(33-26)22-16-14-21(15-17-22)24(32)27-19-23-13-11-18-31(23)6-2/h14-17,20,23H,5-13,18-19H2,1-4H3,(H,27,32). The summed E-state index contributed by atoms with van der Waals surface area (Å²) in [6.45, 7) is 9.54. The molecular weight excluding hydrogens is 430 g/mol. The largest absolute Gasteiger partial charge is 0.350 e. The first kappa shape index (κ1) is 25.6. The number of likely N-dealkylation sites (tertiary alicyclic amines) is 1. The molecule has 3 rings (SSSR count). The van der Waals surface area contributed by atoms with Gasteiger partial charge in [-0.25, -0.2) is 4.68 Å². The minimum atomic E-state index is -0.00218.